The highest BCUT2D eigenvalue weighted by Gasteiger charge is 2.36. The minimum atomic E-state index is 0.0995. The molecular formula is C14H26N2O. The Hall–Kier alpha value is -0.570. The maximum Gasteiger partial charge on any atom is 0.239 e. The van der Waals surface area contributed by atoms with Crippen molar-refractivity contribution in [3.8, 4) is 0 Å². The molecule has 2 aliphatic rings. The average Bonchev–Trinajstić information content (AvgIpc) is 2.78. The average molecular weight is 238 g/mol. The van der Waals surface area contributed by atoms with Crippen LogP contribution < -0.4 is 5.32 Å². The molecule has 0 saturated carbocycles. The van der Waals surface area contributed by atoms with Gasteiger partial charge in [0.25, 0.3) is 0 Å². The zero-order chi connectivity index (χ0) is 12.5. The molecule has 2 rings (SSSR count). The van der Waals surface area contributed by atoms with Crippen molar-refractivity contribution in [2.75, 3.05) is 19.6 Å². The van der Waals surface area contributed by atoms with E-state index in [1.807, 2.05) is 0 Å². The van der Waals surface area contributed by atoms with E-state index in [1.54, 1.807) is 0 Å². The largest absolute Gasteiger partial charge is 0.341 e. The molecule has 0 aliphatic carbocycles. The highest BCUT2D eigenvalue weighted by atomic mass is 16.2. The van der Waals surface area contributed by atoms with Gasteiger partial charge in [0, 0.05) is 13.1 Å². The Morgan fingerprint density at radius 3 is 2.53 bits per heavy atom. The van der Waals surface area contributed by atoms with Crippen LogP contribution in [-0.4, -0.2) is 36.5 Å². The number of piperidine rings is 1. The van der Waals surface area contributed by atoms with E-state index >= 15 is 0 Å². The number of hydrogen-bond donors (Lipinski definition) is 1. The molecule has 0 bridgehead atoms. The molecule has 2 fully saturated rings. The highest BCUT2D eigenvalue weighted by Crippen LogP contribution is 2.33. The number of likely N-dealkylation sites (tertiary alicyclic amines) is 1. The van der Waals surface area contributed by atoms with Crippen molar-refractivity contribution in [1.82, 2.24) is 10.2 Å². The predicted molar refractivity (Wildman–Crippen MR) is 69.8 cm³/mol. The molecule has 2 aliphatic heterocycles. The summed E-state index contributed by atoms with van der Waals surface area (Å²) < 4.78 is 0. The predicted octanol–water partition coefficient (Wildman–Crippen LogP) is 2.02. The van der Waals surface area contributed by atoms with E-state index in [4.69, 9.17) is 0 Å². The molecule has 1 N–H and O–H groups in total. The number of carbonyl (C=O) groups excluding carboxylic acids is 1. The van der Waals surface area contributed by atoms with Crippen molar-refractivity contribution in [2.45, 2.75) is 52.5 Å². The summed E-state index contributed by atoms with van der Waals surface area (Å²) in [5, 5.41) is 3.36. The number of amides is 1. The maximum atomic E-state index is 12.3. The summed E-state index contributed by atoms with van der Waals surface area (Å²) in [6.45, 7) is 9.77. The van der Waals surface area contributed by atoms with E-state index in [9.17, 15) is 4.79 Å². The van der Waals surface area contributed by atoms with Crippen LogP contribution in [-0.2, 0) is 4.79 Å². The van der Waals surface area contributed by atoms with Gasteiger partial charge in [-0.3, -0.25) is 4.79 Å². The van der Waals surface area contributed by atoms with Crippen molar-refractivity contribution in [2.24, 2.45) is 11.3 Å². The summed E-state index contributed by atoms with van der Waals surface area (Å²) in [5.74, 6) is 1.01. The van der Waals surface area contributed by atoms with Crippen molar-refractivity contribution in [3.05, 3.63) is 0 Å². The lowest BCUT2D eigenvalue weighted by Gasteiger charge is -2.29. The summed E-state index contributed by atoms with van der Waals surface area (Å²) in [6, 6.07) is 0.0995. The van der Waals surface area contributed by atoms with Gasteiger partial charge in [0.05, 0.1) is 6.04 Å². The molecule has 1 amide bonds. The first-order valence-corrected chi connectivity index (χ1v) is 7.00. The normalized spacial score (nSPS) is 30.6. The van der Waals surface area contributed by atoms with Gasteiger partial charge in [-0.05, 0) is 37.1 Å². The fourth-order valence-corrected chi connectivity index (χ4v) is 2.95. The van der Waals surface area contributed by atoms with E-state index in [-0.39, 0.29) is 6.04 Å². The van der Waals surface area contributed by atoms with Gasteiger partial charge < -0.3 is 10.2 Å². The number of carbonyl (C=O) groups is 1. The molecule has 0 radical (unpaired) electrons. The molecule has 0 aromatic heterocycles. The quantitative estimate of drug-likeness (QED) is 0.758. The van der Waals surface area contributed by atoms with Gasteiger partial charge in [0.1, 0.15) is 0 Å². The van der Waals surface area contributed by atoms with Gasteiger partial charge in [-0.25, -0.2) is 0 Å². The van der Waals surface area contributed by atoms with Crippen LogP contribution in [0.1, 0.15) is 46.5 Å². The monoisotopic (exact) mass is 238 g/mol. The van der Waals surface area contributed by atoms with Crippen molar-refractivity contribution >= 4 is 5.91 Å². The molecule has 0 aromatic carbocycles. The molecule has 17 heavy (non-hydrogen) atoms. The summed E-state index contributed by atoms with van der Waals surface area (Å²) in [7, 11) is 0. The third-order valence-corrected chi connectivity index (χ3v) is 4.33. The fraction of sp³-hybridized carbons (Fsp3) is 0.929. The third kappa shape index (κ3) is 3.01. The fourth-order valence-electron chi connectivity index (χ4n) is 2.95. The summed E-state index contributed by atoms with van der Waals surface area (Å²) in [5.41, 5.74) is 0.328. The van der Waals surface area contributed by atoms with Crippen LogP contribution in [0.2, 0.25) is 0 Å². The molecule has 3 nitrogen and oxygen atoms in total. The second-order valence-corrected chi connectivity index (χ2v) is 6.64. The molecule has 3 heteroatoms. The van der Waals surface area contributed by atoms with Crippen LogP contribution in [0.4, 0.5) is 0 Å². The SMILES string of the molecule is CC(C)(C)C1CCN(C(=O)[C@H]2CCCCN2)C1. The van der Waals surface area contributed by atoms with Crippen LogP contribution in [0, 0.1) is 11.3 Å². The molecule has 0 spiro atoms. The van der Waals surface area contributed by atoms with Crippen LogP contribution in [0.15, 0.2) is 0 Å². The van der Waals surface area contributed by atoms with Crippen LogP contribution in [0.5, 0.6) is 0 Å². The molecular weight excluding hydrogens is 212 g/mol. The Morgan fingerprint density at radius 1 is 1.24 bits per heavy atom. The van der Waals surface area contributed by atoms with Gasteiger partial charge >= 0.3 is 0 Å². The van der Waals surface area contributed by atoms with Crippen LogP contribution >= 0.6 is 0 Å². The number of rotatable bonds is 1. The van der Waals surface area contributed by atoms with E-state index < -0.39 is 0 Å². The zero-order valence-corrected chi connectivity index (χ0v) is 11.5. The van der Waals surface area contributed by atoms with Crippen LogP contribution in [0.3, 0.4) is 0 Å². The second-order valence-electron chi connectivity index (χ2n) is 6.64. The lowest BCUT2D eigenvalue weighted by molar-refractivity contribution is -0.133. The molecule has 2 atom stereocenters. The van der Waals surface area contributed by atoms with Crippen LogP contribution in [0.25, 0.3) is 0 Å². The minimum absolute atomic E-state index is 0.0995. The van der Waals surface area contributed by atoms with E-state index in [2.05, 4.69) is 31.0 Å². The Morgan fingerprint density at radius 2 is 2.00 bits per heavy atom. The van der Waals surface area contributed by atoms with E-state index in [0.717, 1.165) is 26.1 Å². The summed E-state index contributed by atoms with van der Waals surface area (Å²) >= 11 is 0. The number of nitrogens with one attached hydrogen (secondary N) is 1. The lowest BCUT2D eigenvalue weighted by Crippen LogP contribution is -2.48. The second kappa shape index (κ2) is 4.97. The van der Waals surface area contributed by atoms with Gasteiger partial charge in [-0.2, -0.15) is 0 Å². The number of hydrogen-bond acceptors (Lipinski definition) is 2. The summed E-state index contributed by atoms with van der Waals surface area (Å²) in [4.78, 5) is 14.4. The van der Waals surface area contributed by atoms with E-state index in [1.165, 1.54) is 19.3 Å². The standard InChI is InChI=1S/C14H26N2O/c1-14(2,3)11-7-9-16(10-11)13(17)12-6-4-5-8-15-12/h11-12,15H,4-10H2,1-3H3/t11?,12-/m1/s1. The smallest absolute Gasteiger partial charge is 0.239 e. The van der Waals surface area contributed by atoms with Crippen molar-refractivity contribution < 1.29 is 4.79 Å². The molecule has 2 heterocycles. The topological polar surface area (TPSA) is 32.3 Å². The van der Waals surface area contributed by atoms with Gasteiger partial charge in [0.15, 0.2) is 0 Å². The highest BCUT2D eigenvalue weighted by molar-refractivity contribution is 5.82. The maximum absolute atomic E-state index is 12.3. The molecule has 1 unspecified atom stereocenters. The summed E-state index contributed by atoms with van der Waals surface area (Å²) in [6.07, 6.45) is 4.60. The number of nitrogens with zero attached hydrogens (tertiary/aromatic N) is 1. The van der Waals surface area contributed by atoms with Crippen molar-refractivity contribution in [3.63, 3.8) is 0 Å². The Kier molecular flexibility index (Phi) is 3.76. The Labute approximate surface area is 105 Å². The Balaban J connectivity index is 1.89. The molecule has 2 saturated heterocycles. The van der Waals surface area contributed by atoms with Crippen molar-refractivity contribution in [1.29, 1.82) is 0 Å². The van der Waals surface area contributed by atoms with Gasteiger partial charge in [-0.1, -0.05) is 27.2 Å². The van der Waals surface area contributed by atoms with E-state index in [0.29, 0.717) is 17.2 Å². The van der Waals surface area contributed by atoms with Gasteiger partial charge in [-0.15, -0.1) is 0 Å². The zero-order valence-electron chi connectivity index (χ0n) is 11.5. The third-order valence-electron chi connectivity index (χ3n) is 4.33. The first-order valence-electron chi connectivity index (χ1n) is 7.00. The minimum Gasteiger partial charge on any atom is -0.341 e. The Bertz CT molecular complexity index is 276. The first kappa shape index (κ1) is 12.9. The van der Waals surface area contributed by atoms with Gasteiger partial charge in [0.2, 0.25) is 5.91 Å². The lowest BCUT2D eigenvalue weighted by atomic mass is 9.80. The molecule has 98 valence electrons. The molecule has 0 aromatic rings. The first-order chi connectivity index (χ1) is 7.98.